The first-order chi connectivity index (χ1) is 2.00. The number of rotatable bonds is 0. The topological polar surface area (TPSA) is 77.8 Å². The van der Waals surface area contributed by atoms with E-state index in [1.807, 2.05) is 0 Å². The summed E-state index contributed by atoms with van der Waals surface area (Å²) in [6, 6.07) is 0. The van der Waals surface area contributed by atoms with E-state index in [0.717, 1.165) is 0 Å². The summed E-state index contributed by atoms with van der Waals surface area (Å²) in [5.41, 5.74) is 0. The molecule has 0 heterocycles. The van der Waals surface area contributed by atoms with Crippen molar-refractivity contribution in [3.05, 3.63) is 0 Å². The van der Waals surface area contributed by atoms with Gasteiger partial charge in [-0.05, 0) is 0 Å². The monoisotopic (exact) mass is 200 g/mol. The normalized spacial score (nSPS) is 7.38. The Kier molecular flexibility index (Phi) is 23.7. The third kappa shape index (κ3) is 167. The molecule has 52 valence electrons. The van der Waals surface area contributed by atoms with Gasteiger partial charge >= 0.3 is 30.9 Å². The van der Waals surface area contributed by atoms with E-state index in [-0.39, 0.29) is 47.7 Å². The molecular weight excluding hydrogens is 194 g/mol. The largest absolute Gasteiger partial charge is 2.00 e. The van der Waals surface area contributed by atoms with Gasteiger partial charge in [-0.2, -0.15) is 0 Å². The Balaban J connectivity index is -0.00000000800. The molecule has 0 aromatic rings. The van der Waals surface area contributed by atoms with E-state index in [4.69, 9.17) is 19.2 Å². The van der Waals surface area contributed by atoms with Crippen LogP contribution >= 0.6 is 7.82 Å². The molecule has 0 aromatic carbocycles. The fraction of sp³-hybridized carbons (Fsp3) is 0. The molecule has 0 rings (SSSR count). The molecule has 0 aromatic heterocycles. The van der Waals surface area contributed by atoms with Gasteiger partial charge in [-0.3, -0.25) is 4.70 Å². The Bertz CT molecular complexity index is 69.4. The minimum atomic E-state index is -4.64. The SMILES string of the molecule is F.O=P(O)(O)O.[Fe].[H-].[H-].[Mg+2]. The summed E-state index contributed by atoms with van der Waals surface area (Å²) in [4.78, 5) is 21.6. The number of halogens is 1. The zero-order valence-electron chi connectivity index (χ0n) is 5.67. The summed E-state index contributed by atoms with van der Waals surface area (Å²) in [7, 11) is -4.64. The Hall–Kier alpha value is 1.33. The summed E-state index contributed by atoms with van der Waals surface area (Å²) < 4.78 is 8.88. The van der Waals surface area contributed by atoms with Crippen molar-refractivity contribution in [1.82, 2.24) is 0 Å². The van der Waals surface area contributed by atoms with Gasteiger partial charge in [-0.1, -0.05) is 0 Å². The van der Waals surface area contributed by atoms with Crippen LogP contribution < -0.4 is 0 Å². The number of hydrogen-bond donors (Lipinski definition) is 3. The maximum absolute atomic E-state index is 8.88. The van der Waals surface area contributed by atoms with Gasteiger partial charge in [0.15, 0.2) is 0 Å². The molecule has 8 heteroatoms. The molecule has 0 amide bonds. The fourth-order valence-electron chi connectivity index (χ4n) is 0. The number of phosphoric acid groups is 1. The maximum Gasteiger partial charge on any atom is 2.00 e. The molecule has 0 unspecified atom stereocenters. The molecule has 0 saturated carbocycles. The quantitative estimate of drug-likeness (QED) is 0.348. The molecular formula is H6FFeMgO4P. The first-order valence-electron chi connectivity index (χ1n) is 0.783. The summed E-state index contributed by atoms with van der Waals surface area (Å²) in [6.07, 6.45) is 0. The van der Waals surface area contributed by atoms with Crippen LogP contribution in [0.3, 0.4) is 0 Å². The third-order valence-electron chi connectivity index (χ3n) is 0. The van der Waals surface area contributed by atoms with Gasteiger partial charge in [0.1, 0.15) is 0 Å². The maximum atomic E-state index is 8.88. The fourth-order valence-corrected chi connectivity index (χ4v) is 0. The van der Waals surface area contributed by atoms with Crippen molar-refractivity contribution in [2.24, 2.45) is 0 Å². The third-order valence-corrected chi connectivity index (χ3v) is 0. The Labute approximate surface area is 74.9 Å². The molecule has 0 aliphatic heterocycles. The Morgan fingerprint density at radius 1 is 1.25 bits per heavy atom. The molecule has 0 bridgehead atoms. The predicted octanol–water partition coefficient (Wildman–Crippen LogP) is -0.934. The Morgan fingerprint density at radius 2 is 1.25 bits per heavy atom. The van der Waals surface area contributed by atoms with E-state index >= 15 is 0 Å². The second-order valence-electron chi connectivity index (χ2n) is 0.513. The molecule has 8 heavy (non-hydrogen) atoms. The van der Waals surface area contributed by atoms with Gasteiger partial charge in [0, 0.05) is 17.1 Å². The first-order valence-corrected chi connectivity index (χ1v) is 2.35. The van der Waals surface area contributed by atoms with E-state index in [9.17, 15) is 0 Å². The van der Waals surface area contributed by atoms with Crippen molar-refractivity contribution >= 4 is 30.9 Å². The van der Waals surface area contributed by atoms with Gasteiger partial charge < -0.3 is 17.5 Å². The van der Waals surface area contributed by atoms with E-state index in [1.165, 1.54) is 0 Å². The van der Waals surface area contributed by atoms with Crippen LogP contribution in [0.4, 0.5) is 4.70 Å². The minimum Gasteiger partial charge on any atom is -1.00 e. The summed E-state index contributed by atoms with van der Waals surface area (Å²) in [5.74, 6) is 0. The van der Waals surface area contributed by atoms with Gasteiger partial charge in [0.2, 0.25) is 0 Å². The van der Waals surface area contributed by atoms with Crippen LogP contribution in [0.15, 0.2) is 0 Å². The van der Waals surface area contributed by atoms with Crippen LogP contribution in [0.25, 0.3) is 0 Å². The van der Waals surface area contributed by atoms with Crippen LogP contribution in [0, 0.1) is 0 Å². The van der Waals surface area contributed by atoms with Crippen molar-refractivity contribution in [3.8, 4) is 0 Å². The summed E-state index contributed by atoms with van der Waals surface area (Å²) in [5, 5.41) is 0. The van der Waals surface area contributed by atoms with E-state index in [0.29, 0.717) is 0 Å². The molecule has 3 N–H and O–H groups in total. The number of hydrogen-bond acceptors (Lipinski definition) is 1. The predicted molar refractivity (Wildman–Crippen MR) is 24.7 cm³/mol. The minimum absolute atomic E-state index is 0. The van der Waals surface area contributed by atoms with Crippen molar-refractivity contribution < 1.29 is 43.9 Å². The zero-order valence-corrected chi connectivity index (χ0v) is 7.08. The van der Waals surface area contributed by atoms with Gasteiger partial charge in [-0.25, -0.2) is 4.57 Å². The molecule has 4 nitrogen and oxygen atoms in total. The van der Waals surface area contributed by atoms with Crippen molar-refractivity contribution in [2.75, 3.05) is 0 Å². The molecule has 0 aliphatic rings. The molecule has 0 atom stereocenters. The van der Waals surface area contributed by atoms with Gasteiger partial charge in [-0.15, -0.1) is 0 Å². The molecule has 0 spiro atoms. The van der Waals surface area contributed by atoms with E-state index in [1.54, 1.807) is 0 Å². The van der Waals surface area contributed by atoms with Crippen molar-refractivity contribution in [2.45, 2.75) is 0 Å². The second kappa shape index (κ2) is 8.33. The Morgan fingerprint density at radius 3 is 1.25 bits per heavy atom. The average molecular weight is 200 g/mol. The van der Waals surface area contributed by atoms with Crippen LogP contribution in [0.1, 0.15) is 2.85 Å². The van der Waals surface area contributed by atoms with Crippen molar-refractivity contribution in [3.63, 3.8) is 0 Å². The summed E-state index contributed by atoms with van der Waals surface area (Å²) in [6.45, 7) is 0. The van der Waals surface area contributed by atoms with E-state index in [2.05, 4.69) is 0 Å². The summed E-state index contributed by atoms with van der Waals surface area (Å²) >= 11 is 0. The average Bonchev–Trinajstić information content (AvgIpc) is 0.722. The van der Waals surface area contributed by atoms with Crippen LogP contribution in [-0.4, -0.2) is 37.7 Å². The molecule has 0 fully saturated rings. The van der Waals surface area contributed by atoms with Gasteiger partial charge in [0.25, 0.3) is 0 Å². The molecule has 0 saturated heterocycles. The smallest absolute Gasteiger partial charge is 1.00 e. The van der Waals surface area contributed by atoms with Crippen LogP contribution in [-0.2, 0) is 21.6 Å². The van der Waals surface area contributed by atoms with Crippen LogP contribution in [0.2, 0.25) is 0 Å². The first kappa shape index (κ1) is 22.8. The zero-order chi connectivity index (χ0) is 4.50. The molecule has 0 radical (unpaired) electrons. The van der Waals surface area contributed by atoms with Gasteiger partial charge in [0.05, 0.1) is 0 Å². The standard InChI is InChI=1S/FH.Fe.Mg.H3O4P.2H/c;;;1-5(2,3)4;;/h1H;;;(H3,1,2,3,4);;/q;;+2;;2*-1. The van der Waals surface area contributed by atoms with Crippen LogP contribution in [0.5, 0.6) is 0 Å². The second-order valence-corrected chi connectivity index (χ2v) is 1.54. The van der Waals surface area contributed by atoms with Crippen molar-refractivity contribution in [1.29, 1.82) is 0 Å². The molecule has 0 aliphatic carbocycles. The van der Waals surface area contributed by atoms with E-state index < -0.39 is 7.82 Å².